The van der Waals surface area contributed by atoms with Crippen LogP contribution in [0.2, 0.25) is 0 Å². The van der Waals surface area contributed by atoms with Crippen LogP contribution >= 0.6 is 0 Å². The molecule has 1 fully saturated rings. The van der Waals surface area contributed by atoms with E-state index in [1.165, 1.54) is 11.1 Å². The maximum absolute atomic E-state index is 13.6. The Bertz CT molecular complexity index is 1070. The summed E-state index contributed by atoms with van der Waals surface area (Å²) in [5, 5.41) is 1.13. The lowest BCUT2D eigenvalue weighted by Crippen LogP contribution is -2.44. The van der Waals surface area contributed by atoms with Crippen LogP contribution in [0, 0.1) is 12.7 Å². The number of anilines is 1. The van der Waals surface area contributed by atoms with Crippen LogP contribution in [-0.4, -0.2) is 50.7 Å². The monoisotopic (exact) mass is 435 g/mol. The van der Waals surface area contributed by atoms with Gasteiger partial charge in [0.25, 0.3) is 0 Å². The van der Waals surface area contributed by atoms with Crippen LogP contribution in [0.25, 0.3) is 10.9 Å². The number of benzene rings is 2. The van der Waals surface area contributed by atoms with Gasteiger partial charge in [-0.25, -0.2) is 9.37 Å². The zero-order chi connectivity index (χ0) is 22.9. The first-order valence-corrected chi connectivity index (χ1v) is 11.4. The average molecular weight is 436 g/mol. The fourth-order valence-electron chi connectivity index (χ4n) is 4.71. The number of nitrogens with zero attached hydrogens (tertiary/aromatic N) is 3. The molecule has 0 amide bonds. The van der Waals surface area contributed by atoms with E-state index in [4.69, 9.17) is 9.72 Å². The van der Waals surface area contributed by atoms with Gasteiger partial charge in [-0.05, 0) is 82.7 Å². The van der Waals surface area contributed by atoms with Gasteiger partial charge in [0.15, 0.2) is 0 Å². The minimum absolute atomic E-state index is 0.0979. The molecule has 170 valence electrons. The number of ether oxygens (including phenoxy) is 1. The highest BCUT2D eigenvalue weighted by atomic mass is 19.1. The van der Waals surface area contributed by atoms with Gasteiger partial charge in [-0.15, -0.1) is 0 Å². The molecule has 0 aliphatic carbocycles. The van der Waals surface area contributed by atoms with Crippen LogP contribution in [-0.2, 0) is 10.2 Å². The Morgan fingerprint density at radius 3 is 2.44 bits per heavy atom. The number of hydrogen-bond donors (Lipinski definition) is 0. The van der Waals surface area contributed by atoms with Crippen LogP contribution in [0.15, 0.2) is 48.5 Å². The Labute approximate surface area is 191 Å². The second-order valence-electron chi connectivity index (χ2n) is 9.53. The molecule has 4 nitrogen and oxygen atoms in total. The zero-order valence-electron chi connectivity index (χ0n) is 19.9. The third-order valence-electron chi connectivity index (χ3n) is 6.86. The highest BCUT2D eigenvalue weighted by Gasteiger charge is 2.36. The topological polar surface area (TPSA) is 28.6 Å². The van der Waals surface area contributed by atoms with E-state index in [0.717, 1.165) is 48.2 Å². The molecule has 1 aliphatic rings. The van der Waals surface area contributed by atoms with Gasteiger partial charge in [0, 0.05) is 30.5 Å². The summed E-state index contributed by atoms with van der Waals surface area (Å²) in [4.78, 5) is 9.30. The molecule has 2 heterocycles. The van der Waals surface area contributed by atoms with Gasteiger partial charge in [0.2, 0.25) is 0 Å². The summed E-state index contributed by atoms with van der Waals surface area (Å²) in [7, 11) is 6.17. The molecular formula is C27H34FN3O. The largest absolute Gasteiger partial charge is 0.373 e. The third kappa shape index (κ3) is 4.64. The summed E-state index contributed by atoms with van der Waals surface area (Å²) in [5.74, 6) is 0.744. The van der Waals surface area contributed by atoms with Crippen molar-refractivity contribution in [3.05, 3.63) is 71.0 Å². The van der Waals surface area contributed by atoms with Gasteiger partial charge in [-0.1, -0.05) is 23.8 Å². The van der Waals surface area contributed by atoms with Crippen molar-refractivity contribution in [2.45, 2.75) is 38.2 Å². The van der Waals surface area contributed by atoms with E-state index in [1.54, 1.807) is 12.1 Å². The smallest absolute Gasteiger partial charge is 0.128 e. The average Bonchev–Trinajstić information content (AvgIpc) is 2.78. The van der Waals surface area contributed by atoms with Crippen molar-refractivity contribution < 1.29 is 9.13 Å². The fraction of sp³-hybridized carbons (Fsp3) is 0.444. The van der Waals surface area contributed by atoms with E-state index in [1.807, 2.05) is 31.1 Å². The number of aryl methyl sites for hydroxylation is 1. The Balaban J connectivity index is 1.63. The SMILES string of the molecule is Cc1cc(C(C)OCC2(c3ccc(F)cc3)CCN(C)CC2)c2nc(N(C)C)ccc2c1. The van der Waals surface area contributed by atoms with Crippen molar-refractivity contribution in [2.75, 3.05) is 45.7 Å². The summed E-state index contributed by atoms with van der Waals surface area (Å²) in [6, 6.07) is 15.6. The number of halogens is 1. The maximum Gasteiger partial charge on any atom is 0.128 e. The molecule has 5 heteroatoms. The Morgan fingerprint density at radius 1 is 1.09 bits per heavy atom. The summed E-state index contributed by atoms with van der Waals surface area (Å²) in [5.41, 5.74) is 4.38. The molecule has 2 aromatic carbocycles. The van der Waals surface area contributed by atoms with E-state index in [-0.39, 0.29) is 17.3 Å². The Hall–Kier alpha value is -2.50. The highest BCUT2D eigenvalue weighted by Crippen LogP contribution is 2.38. The van der Waals surface area contributed by atoms with Crippen molar-refractivity contribution in [3.8, 4) is 0 Å². The van der Waals surface area contributed by atoms with E-state index in [2.05, 4.69) is 50.1 Å². The molecule has 1 atom stereocenters. The van der Waals surface area contributed by atoms with E-state index < -0.39 is 0 Å². The van der Waals surface area contributed by atoms with Crippen molar-refractivity contribution in [3.63, 3.8) is 0 Å². The summed E-state index contributed by atoms with van der Waals surface area (Å²) < 4.78 is 20.2. The molecule has 32 heavy (non-hydrogen) atoms. The number of aromatic nitrogens is 1. The molecule has 1 saturated heterocycles. The standard InChI is InChI=1S/C27H34FN3O/c1-19-16-21-6-11-25(30(3)4)29-26(21)24(17-19)20(2)32-18-27(12-14-31(5)15-13-27)22-7-9-23(28)10-8-22/h6-11,16-17,20H,12-15,18H2,1-5H3. The first-order valence-electron chi connectivity index (χ1n) is 11.4. The molecule has 3 aromatic rings. The van der Waals surface area contributed by atoms with E-state index in [0.29, 0.717) is 6.61 Å². The molecule has 1 aromatic heterocycles. The fourth-order valence-corrected chi connectivity index (χ4v) is 4.71. The van der Waals surface area contributed by atoms with Crippen LogP contribution in [0.4, 0.5) is 10.2 Å². The lowest BCUT2D eigenvalue weighted by molar-refractivity contribution is 0.00695. The van der Waals surface area contributed by atoms with Crippen molar-refractivity contribution >= 4 is 16.7 Å². The van der Waals surface area contributed by atoms with Crippen molar-refractivity contribution in [2.24, 2.45) is 0 Å². The van der Waals surface area contributed by atoms with Crippen LogP contribution in [0.3, 0.4) is 0 Å². The van der Waals surface area contributed by atoms with Crippen LogP contribution in [0.1, 0.15) is 42.6 Å². The molecule has 1 aliphatic heterocycles. The minimum Gasteiger partial charge on any atom is -0.373 e. The second-order valence-corrected chi connectivity index (χ2v) is 9.53. The molecule has 0 spiro atoms. The Morgan fingerprint density at radius 2 is 1.78 bits per heavy atom. The molecule has 0 saturated carbocycles. The summed E-state index contributed by atoms with van der Waals surface area (Å²) >= 11 is 0. The van der Waals surface area contributed by atoms with Crippen LogP contribution < -0.4 is 4.90 Å². The van der Waals surface area contributed by atoms with Crippen LogP contribution in [0.5, 0.6) is 0 Å². The molecule has 0 radical (unpaired) electrons. The number of pyridine rings is 1. The zero-order valence-corrected chi connectivity index (χ0v) is 19.9. The predicted octanol–water partition coefficient (Wildman–Crippen LogP) is 5.49. The van der Waals surface area contributed by atoms with Gasteiger partial charge in [-0.3, -0.25) is 0 Å². The minimum atomic E-state index is -0.194. The van der Waals surface area contributed by atoms with Gasteiger partial charge >= 0.3 is 0 Å². The maximum atomic E-state index is 13.6. The van der Waals surface area contributed by atoms with Crippen molar-refractivity contribution in [1.82, 2.24) is 9.88 Å². The molecule has 0 bridgehead atoms. The first kappa shape index (κ1) is 22.7. The summed E-state index contributed by atoms with van der Waals surface area (Å²) in [6.07, 6.45) is 1.90. The third-order valence-corrected chi connectivity index (χ3v) is 6.86. The molecule has 4 rings (SSSR count). The van der Waals surface area contributed by atoms with Crippen molar-refractivity contribution in [1.29, 1.82) is 0 Å². The molecule has 0 N–H and O–H groups in total. The van der Waals surface area contributed by atoms with Gasteiger partial charge < -0.3 is 14.5 Å². The summed E-state index contributed by atoms with van der Waals surface area (Å²) in [6.45, 7) is 6.86. The number of hydrogen-bond acceptors (Lipinski definition) is 4. The first-order chi connectivity index (χ1) is 15.3. The molecular weight excluding hydrogens is 401 g/mol. The second kappa shape index (κ2) is 9.16. The highest BCUT2D eigenvalue weighted by molar-refractivity contribution is 5.84. The predicted molar refractivity (Wildman–Crippen MR) is 130 cm³/mol. The van der Waals surface area contributed by atoms with Gasteiger partial charge in [0.1, 0.15) is 11.6 Å². The number of fused-ring (bicyclic) bond motifs is 1. The van der Waals surface area contributed by atoms with E-state index >= 15 is 0 Å². The van der Waals surface area contributed by atoms with Gasteiger partial charge in [-0.2, -0.15) is 0 Å². The lowest BCUT2D eigenvalue weighted by atomic mass is 9.73. The van der Waals surface area contributed by atoms with E-state index in [9.17, 15) is 4.39 Å². The van der Waals surface area contributed by atoms with Gasteiger partial charge in [0.05, 0.1) is 18.2 Å². The number of likely N-dealkylation sites (tertiary alicyclic amines) is 1. The lowest BCUT2D eigenvalue weighted by Gasteiger charge is -2.41. The quantitative estimate of drug-likeness (QED) is 0.512. The number of rotatable bonds is 6. The number of piperidine rings is 1. The Kier molecular flexibility index (Phi) is 6.50. The molecule has 1 unspecified atom stereocenters. The normalized spacial score (nSPS) is 17.4.